The van der Waals surface area contributed by atoms with E-state index in [2.05, 4.69) is 20.4 Å². The predicted molar refractivity (Wildman–Crippen MR) is 52.7 cm³/mol. The molecule has 0 aliphatic carbocycles. The molecular formula is C11H22. The van der Waals surface area contributed by atoms with Gasteiger partial charge in [0.15, 0.2) is 0 Å². The number of unbranched alkanes of at least 4 members (excludes halogenated alkanes) is 3. The molecular weight excluding hydrogens is 132 g/mol. The van der Waals surface area contributed by atoms with Crippen LogP contribution in [0.25, 0.3) is 0 Å². The third-order valence-electron chi connectivity index (χ3n) is 2.12. The van der Waals surface area contributed by atoms with Crippen molar-refractivity contribution in [2.24, 2.45) is 5.92 Å². The molecule has 66 valence electrons. The van der Waals surface area contributed by atoms with E-state index in [9.17, 15) is 0 Å². The first kappa shape index (κ1) is 10.7. The van der Waals surface area contributed by atoms with E-state index in [0.717, 1.165) is 5.92 Å². The molecule has 0 saturated heterocycles. The van der Waals surface area contributed by atoms with Crippen LogP contribution in [0.1, 0.15) is 52.4 Å². The smallest absolute Gasteiger partial charge is 0.0328 e. The molecule has 0 fully saturated rings. The largest absolute Gasteiger partial charge is 0.103 e. The number of hydrogen-bond donors (Lipinski definition) is 0. The topological polar surface area (TPSA) is 0 Å². The van der Waals surface area contributed by atoms with E-state index >= 15 is 0 Å². The fourth-order valence-corrected chi connectivity index (χ4v) is 1.32. The van der Waals surface area contributed by atoms with Crippen LogP contribution in [0.2, 0.25) is 0 Å². The molecule has 0 bridgehead atoms. The molecule has 0 aliphatic heterocycles. The van der Waals surface area contributed by atoms with Crippen molar-refractivity contribution in [3.8, 4) is 0 Å². The molecule has 0 nitrogen and oxygen atoms in total. The molecule has 11 heavy (non-hydrogen) atoms. The Kier molecular flexibility index (Phi) is 7.66. The maximum atomic E-state index is 3.75. The summed E-state index contributed by atoms with van der Waals surface area (Å²) in [7, 11) is 0. The molecule has 0 heteroatoms. The van der Waals surface area contributed by atoms with Crippen LogP contribution in [0.4, 0.5) is 0 Å². The zero-order valence-electron chi connectivity index (χ0n) is 8.10. The van der Waals surface area contributed by atoms with Crippen molar-refractivity contribution in [3.63, 3.8) is 0 Å². The van der Waals surface area contributed by atoms with Gasteiger partial charge < -0.3 is 0 Å². The summed E-state index contributed by atoms with van der Waals surface area (Å²) in [6.07, 6.45) is 10.2. The molecule has 0 heterocycles. The van der Waals surface area contributed by atoms with Crippen molar-refractivity contribution in [3.05, 3.63) is 12.7 Å². The lowest BCUT2D eigenvalue weighted by atomic mass is 10.00. The molecule has 0 aromatic carbocycles. The summed E-state index contributed by atoms with van der Waals surface area (Å²) in [4.78, 5) is 0. The highest BCUT2D eigenvalue weighted by Gasteiger charge is 1.97. The number of allylic oxidation sites excluding steroid dienone is 1. The van der Waals surface area contributed by atoms with Crippen molar-refractivity contribution in [1.29, 1.82) is 0 Å². The van der Waals surface area contributed by atoms with Gasteiger partial charge in [0.1, 0.15) is 0 Å². The zero-order valence-corrected chi connectivity index (χ0v) is 8.10. The monoisotopic (exact) mass is 154 g/mol. The maximum Gasteiger partial charge on any atom is -0.0328 e. The first-order chi connectivity index (χ1) is 5.31. The molecule has 0 aromatic rings. The van der Waals surface area contributed by atoms with Gasteiger partial charge in [-0.15, -0.1) is 6.58 Å². The second-order valence-corrected chi connectivity index (χ2v) is 3.48. The summed E-state index contributed by atoms with van der Waals surface area (Å²) in [5, 5.41) is 0. The van der Waals surface area contributed by atoms with E-state index in [1.165, 1.54) is 38.5 Å². The zero-order chi connectivity index (χ0) is 8.53. The van der Waals surface area contributed by atoms with Crippen molar-refractivity contribution in [2.75, 3.05) is 0 Å². The fraction of sp³-hybridized carbons (Fsp3) is 0.818. The van der Waals surface area contributed by atoms with E-state index in [-0.39, 0.29) is 0 Å². The average Bonchev–Trinajstić information content (AvgIpc) is 1.99. The van der Waals surface area contributed by atoms with Gasteiger partial charge in [-0.1, -0.05) is 52.0 Å². The minimum absolute atomic E-state index is 0.851. The Hall–Kier alpha value is -0.260. The van der Waals surface area contributed by atoms with Crippen LogP contribution in [-0.4, -0.2) is 0 Å². The van der Waals surface area contributed by atoms with Gasteiger partial charge in [0, 0.05) is 0 Å². The second-order valence-electron chi connectivity index (χ2n) is 3.48. The minimum Gasteiger partial charge on any atom is -0.103 e. The summed E-state index contributed by atoms with van der Waals surface area (Å²) >= 11 is 0. The Bertz CT molecular complexity index is 84.0. The number of hydrogen-bond acceptors (Lipinski definition) is 0. The summed E-state index contributed by atoms with van der Waals surface area (Å²) in [6.45, 7) is 8.32. The van der Waals surface area contributed by atoms with Gasteiger partial charge in [-0.05, 0) is 12.3 Å². The van der Waals surface area contributed by atoms with E-state index in [4.69, 9.17) is 0 Å². The SMILES string of the molecule is C=CC[C@H](C)CCCCCC. The van der Waals surface area contributed by atoms with E-state index in [1.54, 1.807) is 0 Å². The summed E-state index contributed by atoms with van der Waals surface area (Å²) in [6, 6.07) is 0. The van der Waals surface area contributed by atoms with Crippen LogP contribution in [-0.2, 0) is 0 Å². The fourth-order valence-electron chi connectivity index (χ4n) is 1.32. The van der Waals surface area contributed by atoms with Gasteiger partial charge in [-0.2, -0.15) is 0 Å². The maximum absolute atomic E-state index is 3.75. The van der Waals surface area contributed by atoms with Gasteiger partial charge in [-0.3, -0.25) is 0 Å². The molecule has 0 unspecified atom stereocenters. The molecule has 0 spiro atoms. The van der Waals surface area contributed by atoms with Crippen LogP contribution in [0.15, 0.2) is 12.7 Å². The Balaban J connectivity index is 3.03. The lowest BCUT2D eigenvalue weighted by Crippen LogP contribution is -1.91. The number of rotatable bonds is 7. The highest BCUT2D eigenvalue weighted by Crippen LogP contribution is 2.13. The molecule has 0 amide bonds. The first-order valence-corrected chi connectivity index (χ1v) is 4.92. The Labute approximate surface area is 71.7 Å². The molecule has 0 radical (unpaired) electrons. The Morgan fingerprint density at radius 1 is 1.27 bits per heavy atom. The first-order valence-electron chi connectivity index (χ1n) is 4.92. The van der Waals surface area contributed by atoms with Crippen molar-refractivity contribution in [2.45, 2.75) is 52.4 Å². The van der Waals surface area contributed by atoms with E-state index in [0.29, 0.717) is 0 Å². The molecule has 0 aliphatic rings. The Morgan fingerprint density at radius 2 is 2.00 bits per heavy atom. The van der Waals surface area contributed by atoms with Gasteiger partial charge in [0.25, 0.3) is 0 Å². The highest BCUT2D eigenvalue weighted by atomic mass is 14.0. The van der Waals surface area contributed by atoms with Crippen LogP contribution >= 0.6 is 0 Å². The predicted octanol–water partition coefficient (Wildman–Crippen LogP) is 4.17. The standard InChI is InChI=1S/C11H22/c1-4-6-7-8-10-11(3)9-5-2/h5,11H,2,4,6-10H2,1,3H3/t11-/m0/s1. The van der Waals surface area contributed by atoms with Gasteiger partial charge in [0.05, 0.1) is 0 Å². The van der Waals surface area contributed by atoms with Gasteiger partial charge in [0.2, 0.25) is 0 Å². The average molecular weight is 154 g/mol. The normalized spacial score (nSPS) is 12.9. The lowest BCUT2D eigenvalue weighted by molar-refractivity contribution is 0.494. The third-order valence-corrected chi connectivity index (χ3v) is 2.12. The van der Waals surface area contributed by atoms with Gasteiger partial charge in [-0.25, -0.2) is 0 Å². The lowest BCUT2D eigenvalue weighted by Gasteiger charge is -2.06. The summed E-state index contributed by atoms with van der Waals surface area (Å²) in [5.41, 5.74) is 0. The highest BCUT2D eigenvalue weighted by molar-refractivity contribution is 4.70. The summed E-state index contributed by atoms with van der Waals surface area (Å²) in [5.74, 6) is 0.851. The molecule has 0 rings (SSSR count). The quantitative estimate of drug-likeness (QED) is 0.381. The van der Waals surface area contributed by atoms with Gasteiger partial charge >= 0.3 is 0 Å². The molecule has 0 N–H and O–H groups in total. The van der Waals surface area contributed by atoms with E-state index < -0.39 is 0 Å². The van der Waals surface area contributed by atoms with Crippen LogP contribution < -0.4 is 0 Å². The van der Waals surface area contributed by atoms with Crippen molar-refractivity contribution >= 4 is 0 Å². The van der Waals surface area contributed by atoms with Crippen LogP contribution in [0, 0.1) is 5.92 Å². The van der Waals surface area contributed by atoms with Crippen LogP contribution in [0.5, 0.6) is 0 Å². The van der Waals surface area contributed by atoms with Crippen molar-refractivity contribution in [1.82, 2.24) is 0 Å². The third kappa shape index (κ3) is 7.64. The van der Waals surface area contributed by atoms with Crippen LogP contribution in [0.3, 0.4) is 0 Å². The summed E-state index contributed by atoms with van der Waals surface area (Å²) < 4.78 is 0. The minimum atomic E-state index is 0.851. The van der Waals surface area contributed by atoms with Crippen molar-refractivity contribution < 1.29 is 0 Å². The molecule has 1 atom stereocenters. The molecule has 0 aromatic heterocycles. The molecule has 0 saturated carbocycles. The second kappa shape index (κ2) is 7.84. The Morgan fingerprint density at radius 3 is 2.55 bits per heavy atom. The van der Waals surface area contributed by atoms with E-state index in [1.807, 2.05) is 6.08 Å².